The van der Waals surface area contributed by atoms with E-state index in [9.17, 15) is 9.59 Å². The van der Waals surface area contributed by atoms with Gasteiger partial charge >= 0.3 is 0 Å². The number of amides is 2. The minimum atomic E-state index is -0.656. The number of unbranched alkanes of at least 4 members (excludes halogenated alkanes) is 1. The molecular weight excluding hydrogens is 505 g/mol. The number of nitrogens with two attached hydrogens (primary N) is 4. The van der Waals surface area contributed by atoms with Crippen LogP contribution in [-0.2, 0) is 11.2 Å². The zero-order valence-electron chi connectivity index (χ0n) is 18.4. The van der Waals surface area contributed by atoms with E-state index in [0.717, 1.165) is 29.0 Å². The number of primary amides is 1. The van der Waals surface area contributed by atoms with Crippen LogP contribution in [0.2, 0.25) is 5.15 Å². The fourth-order valence-corrected chi connectivity index (χ4v) is 3.07. The standard InChI is InChI=1S/C20H28ClN9O2.2ClH/c21-16-18(24)29-17(23)15(28-16)19(32)30(20(25)26)11-2-1-4-12-6-8-13(9-7-12)27-10-3-5-14(22)31;;/h6-9,27H,1-5,10-11H2,(H2,22,31)(H3,25,26)(H4,23,24,29);2*1H. The summed E-state index contributed by atoms with van der Waals surface area (Å²) in [5, 5.41) is 10.8. The lowest BCUT2D eigenvalue weighted by molar-refractivity contribution is -0.118. The monoisotopic (exact) mass is 533 g/mol. The molecule has 1 aromatic heterocycles. The first-order valence-electron chi connectivity index (χ1n) is 10.0. The van der Waals surface area contributed by atoms with Crippen molar-refractivity contribution < 1.29 is 9.59 Å². The van der Waals surface area contributed by atoms with Crippen molar-refractivity contribution in [3.63, 3.8) is 0 Å². The minimum Gasteiger partial charge on any atom is -0.385 e. The van der Waals surface area contributed by atoms with Crippen molar-refractivity contribution in [2.45, 2.75) is 32.1 Å². The number of carbonyl (C=O) groups is 2. The Morgan fingerprint density at radius 2 is 1.65 bits per heavy atom. The number of anilines is 3. The molecule has 0 saturated heterocycles. The Labute approximate surface area is 215 Å². The maximum absolute atomic E-state index is 12.7. The molecule has 2 amide bonds. The number of hydrogen-bond donors (Lipinski definition) is 6. The Hall–Kier alpha value is -3.02. The van der Waals surface area contributed by atoms with Crippen molar-refractivity contribution in [3.8, 4) is 0 Å². The number of halogens is 3. The molecule has 0 radical (unpaired) electrons. The third-order valence-corrected chi connectivity index (χ3v) is 4.90. The van der Waals surface area contributed by atoms with Gasteiger partial charge in [0.2, 0.25) is 5.91 Å². The van der Waals surface area contributed by atoms with Crippen LogP contribution in [0.25, 0.3) is 0 Å². The lowest BCUT2D eigenvalue weighted by Crippen LogP contribution is -2.42. The van der Waals surface area contributed by atoms with E-state index >= 15 is 0 Å². The van der Waals surface area contributed by atoms with Crippen LogP contribution in [0.5, 0.6) is 0 Å². The molecule has 34 heavy (non-hydrogen) atoms. The quantitative estimate of drug-likeness (QED) is 0.143. The van der Waals surface area contributed by atoms with Gasteiger partial charge in [0.25, 0.3) is 5.91 Å². The smallest absolute Gasteiger partial charge is 0.283 e. The maximum Gasteiger partial charge on any atom is 0.283 e. The summed E-state index contributed by atoms with van der Waals surface area (Å²) in [6, 6.07) is 7.96. The van der Waals surface area contributed by atoms with E-state index in [1.165, 1.54) is 0 Å². The molecule has 0 aliphatic carbocycles. The third-order valence-electron chi connectivity index (χ3n) is 4.62. The normalized spacial score (nSPS) is 9.91. The number of nitrogen functional groups attached to an aromatic ring is 2. The molecule has 0 saturated carbocycles. The van der Waals surface area contributed by atoms with Crippen LogP contribution in [0.15, 0.2) is 24.3 Å². The average Bonchev–Trinajstić information content (AvgIpc) is 2.74. The fraction of sp³-hybridized carbons (Fsp3) is 0.350. The first kappa shape index (κ1) is 31.0. The molecule has 0 fully saturated rings. The minimum absolute atomic E-state index is 0. The summed E-state index contributed by atoms with van der Waals surface area (Å²) in [6.07, 6.45) is 3.20. The van der Waals surface area contributed by atoms with Gasteiger partial charge in [0.15, 0.2) is 28.4 Å². The highest BCUT2D eigenvalue weighted by atomic mass is 35.5. The first-order valence-corrected chi connectivity index (χ1v) is 10.4. The highest BCUT2D eigenvalue weighted by Crippen LogP contribution is 2.19. The summed E-state index contributed by atoms with van der Waals surface area (Å²) >= 11 is 5.83. The number of rotatable bonds is 11. The summed E-state index contributed by atoms with van der Waals surface area (Å²) in [6.45, 7) is 0.891. The molecule has 2 aromatic rings. The Bertz CT molecular complexity index is 975. The van der Waals surface area contributed by atoms with Crippen LogP contribution < -0.4 is 28.3 Å². The fourth-order valence-electron chi connectivity index (χ4n) is 2.94. The molecule has 0 spiro atoms. The van der Waals surface area contributed by atoms with Crippen LogP contribution in [0.1, 0.15) is 41.7 Å². The van der Waals surface area contributed by atoms with E-state index < -0.39 is 11.9 Å². The second-order valence-electron chi connectivity index (χ2n) is 7.13. The van der Waals surface area contributed by atoms with E-state index in [1.54, 1.807) is 0 Å². The molecule has 0 unspecified atom stereocenters. The van der Waals surface area contributed by atoms with Gasteiger partial charge in [0.05, 0.1) is 0 Å². The molecule has 0 bridgehead atoms. The lowest BCUT2D eigenvalue weighted by Gasteiger charge is -2.20. The van der Waals surface area contributed by atoms with Crippen LogP contribution in [0, 0.1) is 5.41 Å². The van der Waals surface area contributed by atoms with Gasteiger partial charge in [-0.3, -0.25) is 19.9 Å². The molecule has 188 valence electrons. The molecule has 14 heteroatoms. The van der Waals surface area contributed by atoms with Crippen LogP contribution in [-0.4, -0.2) is 45.7 Å². The molecule has 2 rings (SSSR count). The summed E-state index contributed by atoms with van der Waals surface area (Å²) in [7, 11) is 0. The molecule has 10 N–H and O–H groups in total. The molecule has 1 aromatic carbocycles. The third kappa shape index (κ3) is 9.46. The zero-order valence-corrected chi connectivity index (χ0v) is 20.8. The number of benzene rings is 1. The Morgan fingerprint density at radius 1 is 1.00 bits per heavy atom. The number of guanidine groups is 1. The molecule has 0 aliphatic heterocycles. The van der Waals surface area contributed by atoms with Gasteiger partial charge < -0.3 is 28.3 Å². The molecule has 11 nitrogen and oxygen atoms in total. The number of aryl methyl sites for hydroxylation is 1. The Kier molecular flexibility index (Phi) is 13.7. The summed E-state index contributed by atoms with van der Waals surface area (Å²) < 4.78 is 0. The van der Waals surface area contributed by atoms with E-state index in [1.807, 2.05) is 24.3 Å². The second-order valence-corrected chi connectivity index (χ2v) is 7.48. The highest BCUT2D eigenvalue weighted by Gasteiger charge is 2.23. The summed E-state index contributed by atoms with van der Waals surface area (Å²) in [5.74, 6) is -1.64. The summed E-state index contributed by atoms with van der Waals surface area (Å²) in [5.41, 5.74) is 23.9. The van der Waals surface area contributed by atoms with E-state index in [-0.39, 0.29) is 59.7 Å². The van der Waals surface area contributed by atoms with Crippen molar-refractivity contribution in [3.05, 3.63) is 40.7 Å². The number of nitrogens with zero attached hydrogens (tertiary/aromatic N) is 3. The van der Waals surface area contributed by atoms with Gasteiger partial charge in [-0.25, -0.2) is 9.97 Å². The highest BCUT2D eigenvalue weighted by molar-refractivity contribution is 6.31. The SMILES string of the molecule is Cl.Cl.N=C(N)N(CCCCc1ccc(NCCCC(N)=O)cc1)C(=O)c1nc(Cl)c(N)nc1N. The van der Waals surface area contributed by atoms with Crippen LogP contribution in [0.4, 0.5) is 17.3 Å². The molecule has 0 atom stereocenters. The van der Waals surface area contributed by atoms with Gasteiger partial charge in [-0.15, -0.1) is 24.8 Å². The van der Waals surface area contributed by atoms with Gasteiger partial charge in [-0.2, -0.15) is 0 Å². The largest absolute Gasteiger partial charge is 0.385 e. The molecular formula is C20H30Cl3N9O2. The van der Waals surface area contributed by atoms with Gasteiger partial charge in [-0.05, 0) is 43.4 Å². The van der Waals surface area contributed by atoms with Crippen molar-refractivity contribution >= 4 is 71.5 Å². The zero-order chi connectivity index (χ0) is 23.7. The lowest BCUT2D eigenvalue weighted by atomic mass is 10.1. The van der Waals surface area contributed by atoms with Crippen molar-refractivity contribution in [2.75, 3.05) is 29.9 Å². The van der Waals surface area contributed by atoms with Crippen molar-refractivity contribution in [2.24, 2.45) is 11.5 Å². The van der Waals surface area contributed by atoms with E-state index in [4.69, 9.17) is 39.9 Å². The van der Waals surface area contributed by atoms with E-state index in [2.05, 4.69) is 15.3 Å². The van der Waals surface area contributed by atoms with Gasteiger partial charge in [0, 0.05) is 25.2 Å². The molecule has 1 heterocycles. The van der Waals surface area contributed by atoms with Crippen LogP contribution in [0.3, 0.4) is 0 Å². The number of aromatic nitrogens is 2. The van der Waals surface area contributed by atoms with Gasteiger partial charge in [-0.1, -0.05) is 23.7 Å². The predicted octanol–water partition coefficient (Wildman–Crippen LogP) is 2.17. The number of hydrogen-bond acceptors (Lipinski definition) is 8. The average molecular weight is 535 g/mol. The molecule has 0 aliphatic rings. The maximum atomic E-state index is 12.7. The second kappa shape index (κ2) is 15.0. The predicted molar refractivity (Wildman–Crippen MR) is 140 cm³/mol. The topological polar surface area (TPSA) is 203 Å². The van der Waals surface area contributed by atoms with Crippen LogP contribution >= 0.6 is 36.4 Å². The van der Waals surface area contributed by atoms with Gasteiger partial charge in [0.1, 0.15) is 0 Å². The van der Waals surface area contributed by atoms with E-state index in [0.29, 0.717) is 25.8 Å². The number of carbonyl (C=O) groups excluding carboxylic acids is 2. The Balaban J connectivity index is 0.00000544. The summed E-state index contributed by atoms with van der Waals surface area (Å²) in [4.78, 5) is 32.2. The van der Waals surface area contributed by atoms with Crippen molar-refractivity contribution in [1.82, 2.24) is 14.9 Å². The van der Waals surface area contributed by atoms with Crippen molar-refractivity contribution in [1.29, 1.82) is 5.41 Å². The number of nitrogens with one attached hydrogen (secondary N) is 2. The first-order chi connectivity index (χ1) is 15.2. The Morgan fingerprint density at radius 3 is 2.24 bits per heavy atom.